The number of aromatic nitrogens is 2. The molecule has 0 saturated heterocycles. The first-order valence-electron chi connectivity index (χ1n) is 8.15. The molecule has 0 bridgehead atoms. The third kappa shape index (κ3) is 6.39. The minimum absolute atomic E-state index is 0.195. The van der Waals surface area contributed by atoms with E-state index < -0.39 is 0 Å². The first kappa shape index (κ1) is 19.3. The molecule has 0 radical (unpaired) electrons. The SMILES string of the molecule is CCc1nnc(NC(=S)NC(=O)c2ccc(OCCC(C)C)cc2)s1. The lowest BCUT2D eigenvalue weighted by molar-refractivity contribution is 0.0977. The highest BCUT2D eigenvalue weighted by atomic mass is 32.1. The first-order chi connectivity index (χ1) is 12.0. The third-order valence-corrected chi connectivity index (χ3v) is 4.48. The van der Waals surface area contributed by atoms with Gasteiger partial charge in [0.2, 0.25) is 5.13 Å². The highest BCUT2D eigenvalue weighted by Gasteiger charge is 2.10. The summed E-state index contributed by atoms with van der Waals surface area (Å²) in [5.74, 6) is 1.06. The van der Waals surface area contributed by atoms with Crippen molar-refractivity contribution in [2.24, 2.45) is 5.92 Å². The second-order valence-corrected chi connectivity index (χ2v) is 7.29. The minimum Gasteiger partial charge on any atom is -0.494 e. The van der Waals surface area contributed by atoms with Gasteiger partial charge in [-0.3, -0.25) is 10.1 Å². The van der Waals surface area contributed by atoms with E-state index >= 15 is 0 Å². The summed E-state index contributed by atoms with van der Waals surface area (Å²) in [5.41, 5.74) is 0.506. The molecular formula is C17H22N4O2S2. The van der Waals surface area contributed by atoms with Gasteiger partial charge in [-0.2, -0.15) is 0 Å². The van der Waals surface area contributed by atoms with E-state index in [9.17, 15) is 4.79 Å². The summed E-state index contributed by atoms with van der Waals surface area (Å²) in [5, 5.41) is 15.1. The molecular weight excluding hydrogens is 356 g/mol. The number of hydrogen-bond acceptors (Lipinski definition) is 6. The maximum atomic E-state index is 12.2. The van der Waals surface area contributed by atoms with E-state index in [2.05, 4.69) is 34.7 Å². The van der Waals surface area contributed by atoms with Crippen LogP contribution in [0.3, 0.4) is 0 Å². The van der Waals surface area contributed by atoms with Crippen LogP contribution in [-0.2, 0) is 6.42 Å². The summed E-state index contributed by atoms with van der Waals surface area (Å²) < 4.78 is 5.64. The van der Waals surface area contributed by atoms with Crippen LogP contribution in [0.2, 0.25) is 0 Å². The number of carbonyl (C=O) groups is 1. The first-order valence-corrected chi connectivity index (χ1v) is 9.38. The van der Waals surface area contributed by atoms with Gasteiger partial charge in [-0.15, -0.1) is 10.2 Å². The van der Waals surface area contributed by atoms with Crippen molar-refractivity contribution in [1.82, 2.24) is 15.5 Å². The Labute approximate surface area is 157 Å². The molecule has 25 heavy (non-hydrogen) atoms. The number of amides is 1. The number of thiocarbonyl (C=S) groups is 1. The van der Waals surface area contributed by atoms with Gasteiger partial charge in [0.15, 0.2) is 5.11 Å². The van der Waals surface area contributed by atoms with Crippen LogP contribution in [-0.4, -0.2) is 27.8 Å². The summed E-state index contributed by atoms with van der Waals surface area (Å²) in [6, 6.07) is 6.99. The van der Waals surface area contributed by atoms with Crippen molar-refractivity contribution in [3.8, 4) is 5.75 Å². The standard InChI is InChI=1S/C17H22N4O2S2/c1-4-14-20-21-17(25-14)19-16(24)18-15(22)12-5-7-13(8-6-12)23-10-9-11(2)3/h5-8,11H,4,9-10H2,1-3H3,(H2,18,19,21,22,24). The zero-order chi connectivity index (χ0) is 18.2. The number of benzene rings is 1. The maximum absolute atomic E-state index is 12.2. The van der Waals surface area contributed by atoms with Crippen LogP contribution < -0.4 is 15.4 Å². The second-order valence-electron chi connectivity index (χ2n) is 5.82. The number of ether oxygens (including phenoxy) is 1. The maximum Gasteiger partial charge on any atom is 0.257 e. The fourth-order valence-electron chi connectivity index (χ4n) is 1.87. The van der Waals surface area contributed by atoms with E-state index in [1.165, 1.54) is 11.3 Å². The van der Waals surface area contributed by atoms with Gasteiger partial charge in [0.25, 0.3) is 5.91 Å². The van der Waals surface area contributed by atoms with E-state index in [4.69, 9.17) is 17.0 Å². The second kappa shape index (κ2) is 9.43. The average molecular weight is 379 g/mol. The van der Waals surface area contributed by atoms with Crippen LogP contribution in [0.15, 0.2) is 24.3 Å². The summed E-state index contributed by atoms with van der Waals surface area (Å²) in [6.07, 6.45) is 1.80. The van der Waals surface area contributed by atoms with Gasteiger partial charge in [-0.05, 0) is 55.2 Å². The van der Waals surface area contributed by atoms with Gasteiger partial charge in [-0.1, -0.05) is 32.1 Å². The Bertz CT molecular complexity index is 714. The molecule has 1 aromatic heterocycles. The molecule has 0 spiro atoms. The lowest BCUT2D eigenvalue weighted by atomic mass is 10.1. The van der Waals surface area contributed by atoms with Crippen molar-refractivity contribution in [2.75, 3.05) is 11.9 Å². The molecule has 0 aliphatic carbocycles. The minimum atomic E-state index is -0.286. The monoisotopic (exact) mass is 378 g/mol. The van der Waals surface area contributed by atoms with Crippen LogP contribution >= 0.6 is 23.6 Å². The molecule has 0 aliphatic rings. The van der Waals surface area contributed by atoms with Crippen LogP contribution in [0.4, 0.5) is 5.13 Å². The van der Waals surface area contributed by atoms with Gasteiger partial charge in [-0.25, -0.2) is 0 Å². The normalized spacial score (nSPS) is 10.6. The molecule has 0 atom stereocenters. The molecule has 8 heteroatoms. The fourth-order valence-corrected chi connectivity index (χ4v) is 2.80. The Morgan fingerprint density at radius 1 is 1.28 bits per heavy atom. The molecule has 2 N–H and O–H groups in total. The number of hydrogen-bond donors (Lipinski definition) is 2. The van der Waals surface area contributed by atoms with E-state index in [0.717, 1.165) is 23.6 Å². The van der Waals surface area contributed by atoms with Crippen LogP contribution in [0.1, 0.15) is 42.6 Å². The Hall–Kier alpha value is -2.06. The summed E-state index contributed by atoms with van der Waals surface area (Å²) in [6.45, 7) is 6.97. The lowest BCUT2D eigenvalue weighted by Gasteiger charge is -2.09. The molecule has 6 nitrogen and oxygen atoms in total. The molecule has 0 saturated carbocycles. The van der Waals surface area contributed by atoms with E-state index in [1.54, 1.807) is 24.3 Å². The van der Waals surface area contributed by atoms with Gasteiger partial charge in [0.1, 0.15) is 10.8 Å². The Kier molecular flexibility index (Phi) is 7.27. The predicted octanol–water partition coefficient (Wildman–Crippen LogP) is 3.65. The molecule has 0 unspecified atom stereocenters. The number of carbonyl (C=O) groups excluding carboxylic acids is 1. The van der Waals surface area contributed by atoms with E-state index in [1.807, 2.05) is 6.92 Å². The zero-order valence-corrected chi connectivity index (χ0v) is 16.2. The summed E-state index contributed by atoms with van der Waals surface area (Å²) in [4.78, 5) is 12.2. The predicted molar refractivity (Wildman–Crippen MR) is 104 cm³/mol. The highest BCUT2D eigenvalue weighted by molar-refractivity contribution is 7.80. The number of nitrogens with zero attached hydrogens (tertiary/aromatic N) is 2. The van der Waals surface area contributed by atoms with Crippen molar-refractivity contribution >= 4 is 39.7 Å². The van der Waals surface area contributed by atoms with Crippen LogP contribution in [0.5, 0.6) is 5.75 Å². The van der Waals surface area contributed by atoms with Gasteiger partial charge >= 0.3 is 0 Å². The topological polar surface area (TPSA) is 76.1 Å². The van der Waals surface area contributed by atoms with E-state index in [-0.39, 0.29) is 11.0 Å². The molecule has 0 aliphatic heterocycles. The lowest BCUT2D eigenvalue weighted by Crippen LogP contribution is -2.34. The number of anilines is 1. The van der Waals surface area contributed by atoms with Gasteiger partial charge in [0.05, 0.1) is 6.61 Å². The quantitative estimate of drug-likeness (QED) is 0.716. The number of aryl methyl sites for hydroxylation is 1. The molecule has 2 aromatic rings. The van der Waals surface area contributed by atoms with Crippen molar-refractivity contribution in [3.05, 3.63) is 34.8 Å². The van der Waals surface area contributed by atoms with Gasteiger partial charge < -0.3 is 10.1 Å². The largest absolute Gasteiger partial charge is 0.494 e. The average Bonchev–Trinajstić information content (AvgIpc) is 3.02. The molecule has 0 fully saturated rings. The summed E-state index contributed by atoms with van der Waals surface area (Å²) >= 11 is 6.54. The van der Waals surface area contributed by atoms with Crippen LogP contribution in [0, 0.1) is 5.92 Å². The van der Waals surface area contributed by atoms with Crippen LogP contribution in [0.25, 0.3) is 0 Å². The number of nitrogens with one attached hydrogen (secondary N) is 2. The molecule has 1 aromatic carbocycles. The highest BCUT2D eigenvalue weighted by Crippen LogP contribution is 2.16. The molecule has 134 valence electrons. The fraction of sp³-hybridized carbons (Fsp3) is 0.412. The van der Waals surface area contributed by atoms with Gasteiger partial charge in [0, 0.05) is 5.56 Å². The molecule has 1 heterocycles. The summed E-state index contributed by atoms with van der Waals surface area (Å²) in [7, 11) is 0. The molecule has 1 amide bonds. The van der Waals surface area contributed by atoms with Crippen molar-refractivity contribution in [1.29, 1.82) is 0 Å². The smallest absolute Gasteiger partial charge is 0.257 e. The van der Waals surface area contributed by atoms with E-state index in [0.29, 0.717) is 23.2 Å². The Morgan fingerprint density at radius 3 is 2.60 bits per heavy atom. The Balaban J connectivity index is 1.84. The molecule has 2 rings (SSSR count). The number of rotatable bonds is 7. The van der Waals surface area contributed by atoms with Crippen molar-refractivity contribution in [3.63, 3.8) is 0 Å². The van der Waals surface area contributed by atoms with Crippen molar-refractivity contribution in [2.45, 2.75) is 33.6 Å². The zero-order valence-electron chi connectivity index (χ0n) is 14.5. The Morgan fingerprint density at radius 2 is 2.00 bits per heavy atom. The van der Waals surface area contributed by atoms with Crippen molar-refractivity contribution < 1.29 is 9.53 Å². The third-order valence-electron chi connectivity index (χ3n) is 3.30.